The van der Waals surface area contributed by atoms with E-state index in [1.807, 2.05) is 84.9 Å². The molecule has 192 valence electrons. The third-order valence-corrected chi connectivity index (χ3v) is 6.30. The molecule has 0 amide bonds. The van der Waals surface area contributed by atoms with Crippen molar-refractivity contribution in [1.29, 1.82) is 0 Å². The minimum atomic E-state index is 0.335. The number of hydrogen-bond acceptors (Lipinski definition) is 5. The molecule has 1 saturated carbocycles. The number of aliphatic hydroxyl groups excluding tert-OH is 1. The molecule has 0 atom stereocenters. The lowest BCUT2D eigenvalue weighted by molar-refractivity contribution is 0.155. The lowest BCUT2D eigenvalue weighted by Gasteiger charge is -2.23. The van der Waals surface area contributed by atoms with Crippen LogP contribution in [0.15, 0.2) is 97.1 Å². The molecular formula is C32H35NO4. The topological polar surface area (TPSA) is 60.8 Å². The monoisotopic (exact) mass is 497 g/mol. The number of nitrogens with zero attached hydrogens (tertiary/aromatic N) is 1. The number of rotatable bonds is 9. The average Bonchev–Trinajstić information content (AvgIpc) is 2.98. The van der Waals surface area contributed by atoms with Gasteiger partial charge < -0.3 is 19.3 Å². The highest BCUT2D eigenvalue weighted by Crippen LogP contribution is 2.33. The average molecular weight is 498 g/mol. The molecule has 0 aliphatic heterocycles. The second-order valence-corrected chi connectivity index (χ2v) is 8.95. The van der Waals surface area contributed by atoms with E-state index in [2.05, 4.69) is 12.1 Å². The van der Waals surface area contributed by atoms with Crippen LogP contribution in [0.4, 0.5) is 0 Å². The summed E-state index contributed by atoms with van der Waals surface area (Å²) < 4.78 is 18.4. The zero-order chi connectivity index (χ0) is 25.7. The second-order valence-electron chi connectivity index (χ2n) is 8.95. The number of ether oxygens (including phenoxy) is 3. The Bertz CT molecular complexity index is 1190. The summed E-state index contributed by atoms with van der Waals surface area (Å²) in [5.74, 6) is 2.02. The fourth-order valence-electron chi connectivity index (χ4n) is 4.38. The van der Waals surface area contributed by atoms with Crippen LogP contribution in [0.25, 0.3) is 11.1 Å². The minimum Gasteiger partial charge on any atom is -0.490 e. The fourth-order valence-corrected chi connectivity index (χ4v) is 4.38. The number of aliphatic hydroxyl groups is 1. The highest BCUT2D eigenvalue weighted by atomic mass is 16.5. The van der Waals surface area contributed by atoms with Crippen molar-refractivity contribution in [2.45, 2.75) is 51.4 Å². The molecule has 0 saturated heterocycles. The number of hydrogen-bond donors (Lipinski definition) is 1. The van der Waals surface area contributed by atoms with Gasteiger partial charge in [-0.3, -0.25) is 0 Å². The first-order valence-electron chi connectivity index (χ1n) is 12.9. The molecule has 4 aromatic rings. The molecular weight excluding hydrogens is 462 g/mol. The van der Waals surface area contributed by atoms with Crippen molar-refractivity contribution in [3.8, 4) is 28.6 Å². The van der Waals surface area contributed by atoms with Crippen LogP contribution in [0.1, 0.15) is 43.2 Å². The van der Waals surface area contributed by atoms with Gasteiger partial charge in [-0.2, -0.15) is 4.98 Å². The van der Waals surface area contributed by atoms with Gasteiger partial charge in [0.05, 0.1) is 6.10 Å². The Kier molecular flexibility index (Phi) is 9.96. The first kappa shape index (κ1) is 26.2. The molecule has 5 heteroatoms. The summed E-state index contributed by atoms with van der Waals surface area (Å²) in [6, 6.07) is 32.4. The molecule has 1 aromatic heterocycles. The van der Waals surface area contributed by atoms with Crippen molar-refractivity contribution < 1.29 is 19.3 Å². The van der Waals surface area contributed by atoms with Crippen LogP contribution >= 0.6 is 0 Å². The van der Waals surface area contributed by atoms with Gasteiger partial charge in [-0.15, -0.1) is 0 Å². The van der Waals surface area contributed by atoms with Crippen LogP contribution in [0.5, 0.6) is 17.5 Å². The van der Waals surface area contributed by atoms with Crippen LogP contribution in [0, 0.1) is 0 Å². The molecule has 0 unspecified atom stereocenters. The normalized spacial score (nSPS) is 13.2. The van der Waals surface area contributed by atoms with E-state index >= 15 is 0 Å². The van der Waals surface area contributed by atoms with Gasteiger partial charge in [0.15, 0.2) is 0 Å². The first-order valence-corrected chi connectivity index (χ1v) is 12.9. The zero-order valence-electron chi connectivity index (χ0n) is 21.4. The van der Waals surface area contributed by atoms with E-state index in [0.717, 1.165) is 48.0 Å². The van der Waals surface area contributed by atoms with Gasteiger partial charge in [0.2, 0.25) is 11.8 Å². The standard InChI is InChI=1S/C31H31NO3.CH4O/c1-4-10-24(11-5-1)22-33-30-21-20-29(31(32-30)34-23-25-12-6-2-7-13-25)26-16-18-28(19-17-26)35-27-14-8-3-9-15-27;1-2/h1-2,4-7,10-13,16-21,27H,3,8-9,14-15,22-23H2;2H,1H3. The molecule has 0 radical (unpaired) electrons. The van der Waals surface area contributed by atoms with Crippen molar-refractivity contribution in [3.05, 3.63) is 108 Å². The molecule has 3 aromatic carbocycles. The van der Waals surface area contributed by atoms with Crippen LogP contribution < -0.4 is 14.2 Å². The number of pyridine rings is 1. The Balaban J connectivity index is 0.00000156. The first-order chi connectivity index (χ1) is 18.3. The van der Waals surface area contributed by atoms with E-state index < -0.39 is 0 Å². The highest BCUT2D eigenvalue weighted by Gasteiger charge is 2.16. The van der Waals surface area contributed by atoms with E-state index in [1.54, 1.807) is 0 Å². The Hall–Kier alpha value is -3.83. The molecule has 5 nitrogen and oxygen atoms in total. The van der Waals surface area contributed by atoms with Crippen molar-refractivity contribution in [3.63, 3.8) is 0 Å². The predicted molar refractivity (Wildman–Crippen MR) is 147 cm³/mol. The summed E-state index contributed by atoms with van der Waals surface area (Å²) in [4.78, 5) is 4.72. The minimum absolute atomic E-state index is 0.335. The molecule has 37 heavy (non-hydrogen) atoms. The molecule has 1 N–H and O–H groups in total. The lowest BCUT2D eigenvalue weighted by atomic mass is 9.98. The molecule has 1 heterocycles. The summed E-state index contributed by atoms with van der Waals surface area (Å²) in [6.45, 7) is 0.893. The van der Waals surface area contributed by atoms with E-state index in [1.165, 1.54) is 19.3 Å². The maximum absolute atomic E-state index is 7.00. The summed E-state index contributed by atoms with van der Waals surface area (Å²) >= 11 is 0. The number of aromatic nitrogens is 1. The van der Waals surface area contributed by atoms with Gasteiger partial charge in [0.1, 0.15) is 19.0 Å². The van der Waals surface area contributed by atoms with Crippen molar-refractivity contribution in [2.24, 2.45) is 0 Å². The van der Waals surface area contributed by atoms with Gasteiger partial charge in [-0.1, -0.05) is 79.2 Å². The summed E-state index contributed by atoms with van der Waals surface area (Å²) in [7, 11) is 1.00. The second kappa shape index (κ2) is 14.0. The van der Waals surface area contributed by atoms with Crippen LogP contribution in [-0.4, -0.2) is 23.3 Å². The summed E-state index contributed by atoms with van der Waals surface area (Å²) in [5, 5.41) is 7.00. The van der Waals surface area contributed by atoms with Crippen LogP contribution in [-0.2, 0) is 13.2 Å². The van der Waals surface area contributed by atoms with E-state index in [0.29, 0.717) is 31.1 Å². The Morgan fingerprint density at radius 2 is 1.27 bits per heavy atom. The molecule has 1 aliphatic carbocycles. The van der Waals surface area contributed by atoms with Gasteiger partial charge in [-0.25, -0.2) is 0 Å². The van der Waals surface area contributed by atoms with Crippen molar-refractivity contribution in [1.82, 2.24) is 4.98 Å². The maximum Gasteiger partial charge on any atom is 0.225 e. The lowest BCUT2D eigenvalue weighted by Crippen LogP contribution is -2.19. The van der Waals surface area contributed by atoms with Crippen molar-refractivity contribution in [2.75, 3.05) is 7.11 Å². The smallest absolute Gasteiger partial charge is 0.225 e. The van der Waals surface area contributed by atoms with E-state index in [-0.39, 0.29) is 0 Å². The van der Waals surface area contributed by atoms with Gasteiger partial charge >= 0.3 is 0 Å². The molecule has 0 spiro atoms. The van der Waals surface area contributed by atoms with Gasteiger partial charge in [0.25, 0.3) is 0 Å². The van der Waals surface area contributed by atoms with Crippen LogP contribution in [0.2, 0.25) is 0 Å². The molecule has 5 rings (SSSR count). The Morgan fingerprint density at radius 1 is 0.676 bits per heavy atom. The highest BCUT2D eigenvalue weighted by molar-refractivity contribution is 5.69. The van der Waals surface area contributed by atoms with Gasteiger partial charge in [-0.05, 0) is 60.6 Å². The quantitative estimate of drug-likeness (QED) is 0.264. The summed E-state index contributed by atoms with van der Waals surface area (Å²) in [5.41, 5.74) is 4.15. The Morgan fingerprint density at radius 3 is 1.89 bits per heavy atom. The molecule has 1 fully saturated rings. The Labute approximate surface area is 219 Å². The van der Waals surface area contributed by atoms with Gasteiger partial charge in [0, 0.05) is 18.7 Å². The SMILES string of the molecule is CO.c1ccc(COc2ccc(-c3ccc(OC4CCCCC4)cc3)c(OCc3ccccc3)n2)cc1. The fraction of sp³-hybridized carbons (Fsp3) is 0.281. The molecule has 0 bridgehead atoms. The van der Waals surface area contributed by atoms with E-state index in [4.69, 9.17) is 24.3 Å². The molecule has 1 aliphatic rings. The van der Waals surface area contributed by atoms with Crippen LogP contribution in [0.3, 0.4) is 0 Å². The maximum atomic E-state index is 7.00. The summed E-state index contributed by atoms with van der Waals surface area (Å²) in [6.07, 6.45) is 6.47. The largest absolute Gasteiger partial charge is 0.490 e. The third kappa shape index (κ3) is 7.83. The van der Waals surface area contributed by atoms with E-state index in [9.17, 15) is 0 Å². The third-order valence-electron chi connectivity index (χ3n) is 6.30. The zero-order valence-corrected chi connectivity index (χ0v) is 21.4. The number of benzene rings is 3. The predicted octanol–water partition coefficient (Wildman–Crippen LogP) is 7.23. The van der Waals surface area contributed by atoms with Crippen molar-refractivity contribution >= 4 is 0 Å².